The van der Waals surface area contributed by atoms with Crippen molar-refractivity contribution in [2.45, 2.75) is 31.1 Å². The first-order valence-corrected chi connectivity index (χ1v) is 10.5. The summed E-state index contributed by atoms with van der Waals surface area (Å²) < 4.78 is 6.99. The van der Waals surface area contributed by atoms with Gasteiger partial charge in [-0.25, -0.2) is 0 Å². The molecule has 0 amide bonds. The van der Waals surface area contributed by atoms with Crippen molar-refractivity contribution in [2.24, 2.45) is 0 Å². The van der Waals surface area contributed by atoms with Crippen molar-refractivity contribution in [1.29, 1.82) is 0 Å². The summed E-state index contributed by atoms with van der Waals surface area (Å²) in [7, 11) is 1.51. The molecule has 3 aromatic rings. The third-order valence-electron chi connectivity index (χ3n) is 4.84. The second-order valence-electron chi connectivity index (χ2n) is 6.78. The summed E-state index contributed by atoms with van der Waals surface area (Å²) in [5.74, 6) is 1.32. The van der Waals surface area contributed by atoms with Gasteiger partial charge in [0, 0.05) is 16.4 Å². The topological polar surface area (TPSA) is 91.1 Å². The Morgan fingerprint density at radius 2 is 2.10 bits per heavy atom. The summed E-state index contributed by atoms with van der Waals surface area (Å²) in [6.07, 6.45) is 1.72. The number of phenols is 1. The molecule has 1 aliphatic rings. The molecule has 0 unspecified atom stereocenters. The lowest BCUT2D eigenvalue weighted by molar-refractivity contribution is -0.759. The molecule has 8 heteroatoms. The van der Waals surface area contributed by atoms with Crippen LogP contribution in [0.3, 0.4) is 0 Å². The van der Waals surface area contributed by atoms with E-state index < -0.39 is 6.17 Å². The van der Waals surface area contributed by atoms with E-state index in [1.54, 1.807) is 34.6 Å². The van der Waals surface area contributed by atoms with Gasteiger partial charge in [0.05, 0.1) is 18.4 Å². The maximum Gasteiger partial charge on any atom is 0.325 e. The largest absolute Gasteiger partial charge is 0.504 e. The number of methoxy groups -OCH3 is 1. The number of phenolic OH excluding ortho intramolecular Hbond substituents is 1. The molecule has 1 aromatic heterocycles. The average Bonchev–Trinajstić information content (AvgIpc) is 2.73. The number of fused-ring (bicyclic) bond motifs is 3. The zero-order valence-electron chi connectivity index (χ0n) is 16.3. The van der Waals surface area contributed by atoms with Crippen LogP contribution in [0.5, 0.6) is 11.5 Å². The second-order valence-corrected chi connectivity index (χ2v) is 7.86. The van der Waals surface area contributed by atoms with Gasteiger partial charge in [-0.1, -0.05) is 37.2 Å². The number of H-pyrrole nitrogens is 1. The fraction of sp³-hybridized carbons (Fsp3) is 0.286. The number of benzene rings is 2. The Bertz CT molecular complexity index is 1100. The number of hydrogen-bond donors (Lipinski definition) is 3. The number of unbranched alkanes of at least 4 members (excludes halogenated alkanes) is 1. The number of rotatable bonds is 6. The molecule has 2 aromatic carbocycles. The molecule has 0 bridgehead atoms. The Hall–Kier alpha value is -3.00. The molecule has 0 spiro atoms. The lowest BCUT2D eigenvalue weighted by atomic mass is 10.0. The zero-order valence-corrected chi connectivity index (χ0v) is 17.1. The fourth-order valence-corrected chi connectivity index (χ4v) is 4.29. The minimum Gasteiger partial charge on any atom is -0.504 e. The lowest BCUT2D eigenvalue weighted by Crippen LogP contribution is -2.55. The summed E-state index contributed by atoms with van der Waals surface area (Å²) >= 11 is 1.54. The molecule has 1 atom stereocenters. The van der Waals surface area contributed by atoms with Crippen LogP contribution in [0.15, 0.2) is 52.4 Å². The number of ether oxygens (including phenoxy) is 1. The van der Waals surface area contributed by atoms with Crippen LogP contribution in [0.25, 0.3) is 11.3 Å². The maximum atomic E-state index is 13.0. The van der Waals surface area contributed by atoms with Crippen molar-refractivity contribution in [3.05, 3.63) is 58.4 Å². The van der Waals surface area contributed by atoms with Crippen LogP contribution in [-0.2, 0) is 0 Å². The van der Waals surface area contributed by atoms with E-state index in [9.17, 15) is 9.90 Å². The van der Waals surface area contributed by atoms with E-state index in [1.165, 1.54) is 7.11 Å². The highest BCUT2D eigenvalue weighted by Crippen LogP contribution is 2.34. The molecule has 0 saturated heterocycles. The predicted molar refractivity (Wildman–Crippen MR) is 113 cm³/mol. The smallest absolute Gasteiger partial charge is 0.325 e. The lowest BCUT2D eigenvalue weighted by Gasteiger charge is -2.22. The van der Waals surface area contributed by atoms with Crippen LogP contribution in [-0.4, -0.2) is 28.1 Å². The predicted octanol–water partition coefficient (Wildman–Crippen LogP) is 3.30. The van der Waals surface area contributed by atoms with Crippen LogP contribution in [0.1, 0.15) is 31.5 Å². The van der Waals surface area contributed by atoms with Gasteiger partial charge in [-0.05, 0) is 41.4 Å². The monoisotopic (exact) mass is 411 g/mol. The highest BCUT2D eigenvalue weighted by Gasteiger charge is 2.37. The first-order valence-electron chi connectivity index (χ1n) is 9.54. The molecular formula is C21H23N4O3S+. The third-order valence-corrected chi connectivity index (χ3v) is 5.79. The summed E-state index contributed by atoms with van der Waals surface area (Å²) in [4.78, 5) is 15.9. The Morgan fingerprint density at radius 1 is 1.28 bits per heavy atom. The van der Waals surface area contributed by atoms with E-state index >= 15 is 0 Å². The van der Waals surface area contributed by atoms with Crippen LogP contribution < -0.4 is 20.3 Å². The molecule has 0 aliphatic carbocycles. The maximum absolute atomic E-state index is 13.0. The molecule has 150 valence electrons. The van der Waals surface area contributed by atoms with Gasteiger partial charge in [0.25, 0.3) is 6.17 Å². The quantitative estimate of drug-likeness (QED) is 0.328. The molecule has 29 heavy (non-hydrogen) atoms. The molecule has 1 aliphatic heterocycles. The van der Waals surface area contributed by atoms with Gasteiger partial charge < -0.3 is 15.2 Å². The van der Waals surface area contributed by atoms with Crippen LogP contribution in [0.4, 0.5) is 5.69 Å². The number of anilines is 1. The molecule has 0 fully saturated rings. The summed E-state index contributed by atoms with van der Waals surface area (Å²) in [6, 6.07) is 12.8. The number of hydrogen-bond acceptors (Lipinski definition) is 6. The van der Waals surface area contributed by atoms with Crippen molar-refractivity contribution < 1.29 is 14.5 Å². The summed E-state index contributed by atoms with van der Waals surface area (Å²) in [5, 5.41) is 18.8. The van der Waals surface area contributed by atoms with E-state index in [2.05, 4.69) is 17.2 Å². The van der Waals surface area contributed by atoms with Gasteiger partial charge in [-0.3, -0.25) is 9.78 Å². The Morgan fingerprint density at radius 3 is 2.90 bits per heavy atom. The number of aromatic hydroxyl groups is 1. The Labute approximate surface area is 172 Å². The standard InChI is InChI=1S/C21H22N4O3S/c1-3-4-11-29-21-23-20(27)18-14-7-5-6-8-15(14)22-19(25(18)24-21)13-9-10-16(26)17(12-13)28-2/h5-10,12,19H,3-4,11H2,1-2H3,(H2,23,24,26,27)/p+1/t19-/m1/s1. The molecule has 2 heterocycles. The number of aromatic nitrogens is 3. The van der Waals surface area contributed by atoms with Crippen molar-refractivity contribution in [3.8, 4) is 22.8 Å². The molecule has 4 rings (SSSR count). The second kappa shape index (κ2) is 8.16. The van der Waals surface area contributed by atoms with Crippen molar-refractivity contribution in [2.75, 3.05) is 18.2 Å². The first kappa shape index (κ1) is 19.3. The molecule has 3 N–H and O–H groups in total. The van der Waals surface area contributed by atoms with Crippen molar-refractivity contribution in [1.82, 2.24) is 10.1 Å². The van der Waals surface area contributed by atoms with Gasteiger partial charge in [0.2, 0.25) is 5.16 Å². The summed E-state index contributed by atoms with van der Waals surface area (Å²) in [6.45, 7) is 2.13. The number of aromatic amines is 1. The Kier molecular flexibility index (Phi) is 5.44. The van der Waals surface area contributed by atoms with E-state index in [4.69, 9.17) is 9.84 Å². The van der Waals surface area contributed by atoms with Gasteiger partial charge in [-0.2, -0.15) is 0 Å². The molecule has 7 nitrogen and oxygen atoms in total. The number of para-hydroxylation sites is 1. The van der Waals surface area contributed by atoms with Gasteiger partial charge in [-0.15, -0.1) is 0 Å². The van der Waals surface area contributed by atoms with Gasteiger partial charge >= 0.3 is 11.3 Å². The highest BCUT2D eigenvalue weighted by atomic mass is 32.2. The number of thioether (sulfide) groups is 1. The zero-order chi connectivity index (χ0) is 20.4. The number of nitrogens with one attached hydrogen (secondary N) is 2. The third kappa shape index (κ3) is 3.67. The minimum absolute atomic E-state index is 0.0624. The summed E-state index contributed by atoms with van der Waals surface area (Å²) in [5.41, 5.74) is 2.79. The van der Waals surface area contributed by atoms with E-state index in [-0.39, 0.29) is 11.3 Å². The van der Waals surface area contributed by atoms with Gasteiger partial charge in [0.15, 0.2) is 11.5 Å². The van der Waals surface area contributed by atoms with Crippen molar-refractivity contribution in [3.63, 3.8) is 0 Å². The first-order chi connectivity index (χ1) is 14.1. The van der Waals surface area contributed by atoms with Gasteiger partial charge in [0.1, 0.15) is 0 Å². The average molecular weight is 412 g/mol. The van der Waals surface area contributed by atoms with Crippen molar-refractivity contribution >= 4 is 17.4 Å². The van der Waals surface area contributed by atoms with Crippen LogP contribution in [0, 0.1) is 0 Å². The van der Waals surface area contributed by atoms with E-state index in [0.717, 1.165) is 35.4 Å². The normalized spacial score (nSPS) is 14.6. The minimum atomic E-state index is -0.415. The Balaban J connectivity index is 1.86. The van der Waals surface area contributed by atoms with Crippen LogP contribution in [0.2, 0.25) is 0 Å². The number of nitrogens with zero attached hydrogens (tertiary/aromatic N) is 2. The van der Waals surface area contributed by atoms with E-state index in [0.29, 0.717) is 16.6 Å². The highest BCUT2D eigenvalue weighted by molar-refractivity contribution is 7.99. The fourth-order valence-electron chi connectivity index (χ4n) is 3.36. The molecular weight excluding hydrogens is 388 g/mol. The van der Waals surface area contributed by atoms with E-state index in [1.807, 2.05) is 24.3 Å². The molecule has 0 radical (unpaired) electrons. The molecule has 0 saturated carbocycles. The SMILES string of the molecule is CCCCSc1n[n+]2c(c(=O)[nH]1)-c1ccccc1N[C@H]2c1ccc(O)c(OC)c1. The van der Waals surface area contributed by atoms with Crippen LogP contribution >= 0.6 is 11.8 Å².